The number of sulfonamides is 1. The zero-order valence-electron chi connectivity index (χ0n) is 9.34. The van der Waals surface area contributed by atoms with Crippen LogP contribution in [0.5, 0.6) is 5.75 Å². The molecule has 0 aliphatic heterocycles. The summed E-state index contributed by atoms with van der Waals surface area (Å²) in [6.45, 7) is 0. The molecule has 2 aromatic rings. The van der Waals surface area contributed by atoms with Crippen molar-refractivity contribution in [1.29, 1.82) is 0 Å². The first-order valence-corrected chi connectivity index (χ1v) is 7.15. The highest BCUT2D eigenvalue weighted by Crippen LogP contribution is 2.28. The number of ether oxygens (including phenoxy) is 1. The van der Waals surface area contributed by atoms with Crippen LogP contribution in [0.4, 0.5) is 5.69 Å². The molecule has 0 amide bonds. The summed E-state index contributed by atoms with van der Waals surface area (Å²) >= 11 is 3.27. The predicted octanol–water partition coefficient (Wildman–Crippen LogP) is 1.98. The number of hydrogen-bond acceptors (Lipinski definition) is 4. The summed E-state index contributed by atoms with van der Waals surface area (Å²) in [4.78, 5) is 6.21. The second-order valence-electron chi connectivity index (χ2n) is 3.37. The lowest BCUT2D eigenvalue weighted by atomic mass is 10.3. The summed E-state index contributed by atoms with van der Waals surface area (Å²) in [6.07, 6.45) is 2.53. The third kappa shape index (κ3) is 2.65. The second-order valence-corrected chi connectivity index (χ2v) is 5.87. The molecule has 0 atom stereocenters. The summed E-state index contributed by atoms with van der Waals surface area (Å²) in [5, 5.41) is -0.00257. The van der Waals surface area contributed by atoms with Gasteiger partial charge in [0.2, 0.25) is 0 Å². The molecule has 2 N–H and O–H groups in total. The number of methoxy groups -OCH3 is 1. The molecule has 0 spiro atoms. The van der Waals surface area contributed by atoms with Gasteiger partial charge in [0.05, 0.1) is 25.3 Å². The zero-order valence-corrected chi connectivity index (χ0v) is 11.7. The molecule has 8 heteroatoms. The van der Waals surface area contributed by atoms with Crippen LogP contribution in [0.2, 0.25) is 0 Å². The average molecular weight is 332 g/mol. The number of nitrogens with zero attached hydrogens (tertiary/aromatic N) is 1. The maximum absolute atomic E-state index is 12.0. The van der Waals surface area contributed by atoms with Gasteiger partial charge in [0, 0.05) is 10.5 Å². The molecule has 1 aromatic heterocycles. The Morgan fingerprint density at radius 1 is 1.44 bits per heavy atom. The van der Waals surface area contributed by atoms with E-state index in [4.69, 9.17) is 4.74 Å². The Balaban J connectivity index is 2.35. The van der Waals surface area contributed by atoms with Crippen molar-refractivity contribution in [3.05, 3.63) is 35.2 Å². The molecule has 2 rings (SSSR count). The Kier molecular flexibility index (Phi) is 3.58. The Bertz CT molecular complexity index is 640. The number of aromatic nitrogens is 2. The first-order valence-electron chi connectivity index (χ1n) is 4.87. The van der Waals surface area contributed by atoms with E-state index in [0.29, 0.717) is 15.9 Å². The van der Waals surface area contributed by atoms with E-state index in [9.17, 15) is 8.42 Å². The number of benzene rings is 1. The number of H-pyrrole nitrogens is 1. The summed E-state index contributed by atoms with van der Waals surface area (Å²) < 4.78 is 32.0. The average Bonchev–Trinajstić information content (AvgIpc) is 2.86. The maximum Gasteiger partial charge on any atom is 0.279 e. The first-order chi connectivity index (χ1) is 8.53. The largest absolute Gasteiger partial charge is 0.497 e. The van der Waals surface area contributed by atoms with Gasteiger partial charge < -0.3 is 9.72 Å². The van der Waals surface area contributed by atoms with Crippen molar-refractivity contribution in [2.75, 3.05) is 11.8 Å². The van der Waals surface area contributed by atoms with Gasteiger partial charge in [0.15, 0.2) is 5.03 Å². The van der Waals surface area contributed by atoms with Gasteiger partial charge in [-0.25, -0.2) is 4.98 Å². The van der Waals surface area contributed by atoms with Gasteiger partial charge in [0.25, 0.3) is 10.0 Å². The van der Waals surface area contributed by atoms with Gasteiger partial charge in [-0.05, 0) is 28.1 Å². The van der Waals surface area contributed by atoms with Gasteiger partial charge in [0.1, 0.15) is 5.75 Å². The zero-order chi connectivity index (χ0) is 13.2. The highest BCUT2D eigenvalue weighted by Gasteiger charge is 2.17. The lowest BCUT2D eigenvalue weighted by Crippen LogP contribution is -2.13. The number of aromatic amines is 1. The van der Waals surface area contributed by atoms with Crippen molar-refractivity contribution in [3.63, 3.8) is 0 Å². The van der Waals surface area contributed by atoms with E-state index in [1.807, 2.05) is 0 Å². The number of anilines is 1. The molecule has 0 saturated heterocycles. The lowest BCUT2D eigenvalue weighted by molar-refractivity contribution is 0.415. The summed E-state index contributed by atoms with van der Waals surface area (Å²) in [6, 6.07) is 5.00. The fourth-order valence-electron chi connectivity index (χ4n) is 1.30. The Labute approximate surface area is 113 Å². The van der Waals surface area contributed by atoms with Crippen LogP contribution in [0.15, 0.2) is 40.2 Å². The fourth-order valence-corrected chi connectivity index (χ4v) is 2.75. The fraction of sp³-hybridized carbons (Fsp3) is 0.100. The molecule has 0 unspecified atom stereocenters. The molecular weight excluding hydrogens is 322 g/mol. The van der Waals surface area contributed by atoms with Crippen molar-refractivity contribution in [2.45, 2.75) is 5.03 Å². The van der Waals surface area contributed by atoms with E-state index < -0.39 is 10.0 Å². The minimum absolute atomic E-state index is 0.00257. The van der Waals surface area contributed by atoms with Crippen molar-refractivity contribution in [3.8, 4) is 5.75 Å². The Morgan fingerprint density at radius 2 is 2.22 bits per heavy atom. The molecule has 0 aliphatic rings. The molecule has 18 heavy (non-hydrogen) atoms. The number of rotatable bonds is 4. The van der Waals surface area contributed by atoms with E-state index in [1.165, 1.54) is 19.6 Å². The topological polar surface area (TPSA) is 84.1 Å². The van der Waals surface area contributed by atoms with Crippen LogP contribution in [0.1, 0.15) is 0 Å². The Morgan fingerprint density at radius 3 is 2.83 bits per heavy atom. The van der Waals surface area contributed by atoms with Crippen LogP contribution in [-0.2, 0) is 10.0 Å². The van der Waals surface area contributed by atoms with Crippen LogP contribution in [0.3, 0.4) is 0 Å². The molecule has 0 aliphatic carbocycles. The highest BCUT2D eigenvalue weighted by molar-refractivity contribution is 9.10. The monoisotopic (exact) mass is 331 g/mol. The minimum atomic E-state index is -3.67. The van der Waals surface area contributed by atoms with Crippen LogP contribution in [0.25, 0.3) is 0 Å². The summed E-state index contributed by atoms with van der Waals surface area (Å²) in [5.74, 6) is 0.556. The third-order valence-electron chi connectivity index (χ3n) is 2.18. The number of halogens is 1. The molecular formula is C10H10BrN3O3S. The molecule has 0 saturated carbocycles. The molecule has 1 aromatic carbocycles. The van der Waals surface area contributed by atoms with Crippen molar-refractivity contribution in [2.24, 2.45) is 0 Å². The number of hydrogen-bond donors (Lipinski definition) is 2. The first kappa shape index (κ1) is 12.9. The van der Waals surface area contributed by atoms with E-state index >= 15 is 0 Å². The number of nitrogens with one attached hydrogen (secondary N) is 2. The quantitative estimate of drug-likeness (QED) is 0.897. The number of imidazole rings is 1. The van der Waals surface area contributed by atoms with Crippen molar-refractivity contribution >= 4 is 31.6 Å². The minimum Gasteiger partial charge on any atom is -0.497 e. The molecule has 0 bridgehead atoms. The normalized spacial score (nSPS) is 11.2. The molecule has 0 fully saturated rings. The molecule has 6 nitrogen and oxygen atoms in total. The van der Waals surface area contributed by atoms with Crippen LogP contribution in [-0.4, -0.2) is 25.5 Å². The second kappa shape index (κ2) is 4.99. The van der Waals surface area contributed by atoms with E-state index in [-0.39, 0.29) is 5.03 Å². The van der Waals surface area contributed by atoms with Crippen LogP contribution < -0.4 is 9.46 Å². The molecule has 1 heterocycles. The maximum atomic E-state index is 12.0. The SMILES string of the molecule is COc1ccc(Br)c(NS(=O)(=O)c2cnc[nH]2)c1. The van der Waals surface area contributed by atoms with E-state index in [0.717, 1.165) is 0 Å². The molecule has 96 valence electrons. The highest BCUT2D eigenvalue weighted by atomic mass is 79.9. The Hall–Kier alpha value is -1.54. The van der Waals surface area contributed by atoms with Crippen molar-refractivity contribution < 1.29 is 13.2 Å². The van der Waals surface area contributed by atoms with E-state index in [2.05, 4.69) is 30.6 Å². The predicted molar refractivity (Wildman–Crippen MR) is 70.1 cm³/mol. The van der Waals surface area contributed by atoms with Gasteiger partial charge >= 0.3 is 0 Å². The van der Waals surface area contributed by atoms with Gasteiger partial charge in [-0.1, -0.05) is 0 Å². The van der Waals surface area contributed by atoms with Crippen molar-refractivity contribution in [1.82, 2.24) is 9.97 Å². The molecule has 0 radical (unpaired) electrons. The smallest absolute Gasteiger partial charge is 0.279 e. The third-order valence-corrected chi connectivity index (χ3v) is 4.16. The lowest BCUT2D eigenvalue weighted by Gasteiger charge is -2.09. The van der Waals surface area contributed by atoms with E-state index in [1.54, 1.807) is 18.2 Å². The van der Waals surface area contributed by atoms with Gasteiger partial charge in [-0.3, -0.25) is 4.72 Å². The van der Waals surface area contributed by atoms with Crippen LogP contribution >= 0.6 is 15.9 Å². The summed E-state index contributed by atoms with van der Waals surface area (Å²) in [7, 11) is -2.16. The summed E-state index contributed by atoms with van der Waals surface area (Å²) in [5.41, 5.74) is 0.393. The van der Waals surface area contributed by atoms with Crippen LogP contribution in [0, 0.1) is 0 Å². The standard InChI is InChI=1S/C10H10BrN3O3S/c1-17-7-2-3-8(11)9(4-7)14-18(15,16)10-5-12-6-13-10/h2-6,14H,1H3,(H,12,13). The van der Waals surface area contributed by atoms with Gasteiger partial charge in [-0.15, -0.1) is 0 Å². The van der Waals surface area contributed by atoms with Gasteiger partial charge in [-0.2, -0.15) is 8.42 Å².